The molecule has 0 saturated heterocycles. The third kappa shape index (κ3) is 2.63. The van der Waals surface area contributed by atoms with E-state index in [1.807, 2.05) is 49.4 Å². The van der Waals surface area contributed by atoms with Gasteiger partial charge >= 0.3 is 5.97 Å². The first kappa shape index (κ1) is 15.9. The van der Waals surface area contributed by atoms with Crippen LogP contribution in [0.2, 0.25) is 5.02 Å². The van der Waals surface area contributed by atoms with Gasteiger partial charge in [0.25, 0.3) is 0 Å². The van der Waals surface area contributed by atoms with Crippen LogP contribution in [0.4, 0.5) is 5.69 Å². The number of esters is 1. The molecule has 0 fully saturated rings. The minimum Gasteiger partial charge on any atom is -0.456 e. The van der Waals surface area contributed by atoms with Crippen molar-refractivity contribution in [2.75, 3.05) is 11.5 Å². The maximum Gasteiger partial charge on any atom is 0.336 e. The highest BCUT2D eigenvalue weighted by atomic mass is 35.5. The summed E-state index contributed by atoms with van der Waals surface area (Å²) in [5.74, 6) is -0.801. The van der Waals surface area contributed by atoms with E-state index in [2.05, 4.69) is 0 Å². The van der Waals surface area contributed by atoms with Crippen LogP contribution in [0.3, 0.4) is 0 Å². The standard InChI is InChI=1S/C20H16ClNO3/c1-12-5-4-6-13(9-12)22-17-11-25-20(24)19(17)15(10-18(22)23)14-7-2-3-8-16(14)21/h2-9,15H,10-11H2,1H3/t15-/m1/s1. The molecule has 126 valence electrons. The number of benzene rings is 2. The van der Waals surface area contributed by atoms with Gasteiger partial charge in [-0.1, -0.05) is 41.9 Å². The van der Waals surface area contributed by atoms with Crippen LogP contribution in [-0.2, 0) is 14.3 Å². The van der Waals surface area contributed by atoms with Crippen LogP contribution < -0.4 is 4.90 Å². The topological polar surface area (TPSA) is 46.6 Å². The van der Waals surface area contributed by atoms with Gasteiger partial charge in [0.15, 0.2) is 0 Å². The van der Waals surface area contributed by atoms with E-state index in [0.717, 1.165) is 16.8 Å². The number of hydrogen-bond acceptors (Lipinski definition) is 3. The van der Waals surface area contributed by atoms with Gasteiger partial charge in [0, 0.05) is 23.0 Å². The highest BCUT2D eigenvalue weighted by molar-refractivity contribution is 6.31. The Kier molecular flexibility index (Phi) is 3.85. The van der Waals surface area contributed by atoms with E-state index in [4.69, 9.17) is 16.3 Å². The van der Waals surface area contributed by atoms with E-state index in [1.54, 1.807) is 11.0 Å². The summed E-state index contributed by atoms with van der Waals surface area (Å²) >= 11 is 6.32. The summed E-state index contributed by atoms with van der Waals surface area (Å²) in [6.07, 6.45) is 0.186. The molecule has 4 nitrogen and oxygen atoms in total. The highest BCUT2D eigenvalue weighted by Gasteiger charge is 2.43. The monoisotopic (exact) mass is 353 g/mol. The fourth-order valence-electron chi connectivity index (χ4n) is 3.54. The lowest BCUT2D eigenvalue weighted by molar-refractivity contribution is -0.136. The number of rotatable bonds is 2. The molecule has 0 aliphatic carbocycles. The van der Waals surface area contributed by atoms with E-state index in [-0.39, 0.29) is 30.8 Å². The fraction of sp³-hybridized carbons (Fsp3) is 0.200. The lowest BCUT2D eigenvalue weighted by Crippen LogP contribution is -2.37. The maximum atomic E-state index is 12.9. The third-order valence-corrected chi connectivity index (χ3v) is 5.00. The van der Waals surface area contributed by atoms with E-state index in [9.17, 15) is 9.59 Å². The first-order valence-corrected chi connectivity index (χ1v) is 8.48. The molecule has 0 unspecified atom stereocenters. The Labute approximate surface area is 150 Å². The Bertz CT molecular complexity index is 919. The van der Waals surface area contributed by atoms with Crippen LogP contribution in [0.15, 0.2) is 59.8 Å². The summed E-state index contributed by atoms with van der Waals surface area (Å²) in [4.78, 5) is 26.9. The molecule has 0 radical (unpaired) electrons. The van der Waals surface area contributed by atoms with Gasteiger partial charge in [0.1, 0.15) is 6.61 Å². The molecule has 0 bridgehead atoms. The average molecular weight is 354 g/mol. The lowest BCUT2D eigenvalue weighted by atomic mass is 9.84. The summed E-state index contributed by atoms with van der Waals surface area (Å²) in [6.45, 7) is 2.07. The second-order valence-electron chi connectivity index (χ2n) is 6.28. The molecule has 1 atom stereocenters. The smallest absolute Gasteiger partial charge is 0.336 e. The molecule has 2 aliphatic heterocycles. The predicted octanol–water partition coefficient (Wildman–Crippen LogP) is 3.98. The van der Waals surface area contributed by atoms with Crippen LogP contribution in [-0.4, -0.2) is 18.5 Å². The SMILES string of the molecule is Cc1cccc(N2C(=O)C[C@H](c3ccccc3Cl)C3=C2COC3=O)c1. The van der Waals surface area contributed by atoms with Gasteiger partial charge in [-0.2, -0.15) is 0 Å². The Hall–Kier alpha value is -2.59. The molecule has 0 spiro atoms. The third-order valence-electron chi connectivity index (χ3n) is 4.66. The van der Waals surface area contributed by atoms with Crippen molar-refractivity contribution in [1.29, 1.82) is 0 Å². The Morgan fingerprint density at radius 1 is 1.12 bits per heavy atom. The van der Waals surface area contributed by atoms with Crippen molar-refractivity contribution in [3.8, 4) is 0 Å². The molecule has 0 saturated carbocycles. The lowest BCUT2D eigenvalue weighted by Gasteiger charge is -2.32. The van der Waals surface area contributed by atoms with Crippen molar-refractivity contribution in [1.82, 2.24) is 0 Å². The van der Waals surface area contributed by atoms with Gasteiger partial charge in [0.2, 0.25) is 5.91 Å². The normalized spacial score (nSPS) is 19.9. The predicted molar refractivity (Wildman–Crippen MR) is 95.5 cm³/mol. The molecular formula is C20H16ClNO3. The zero-order valence-corrected chi connectivity index (χ0v) is 14.4. The van der Waals surface area contributed by atoms with Crippen LogP contribution >= 0.6 is 11.6 Å². The van der Waals surface area contributed by atoms with E-state index in [1.165, 1.54) is 0 Å². The van der Waals surface area contributed by atoms with Crippen molar-refractivity contribution in [3.63, 3.8) is 0 Å². The summed E-state index contributed by atoms with van der Waals surface area (Å²) in [5, 5.41) is 0.552. The summed E-state index contributed by atoms with van der Waals surface area (Å²) in [7, 11) is 0. The number of carbonyl (C=O) groups is 2. The molecule has 5 heteroatoms. The second kappa shape index (κ2) is 6.05. The number of aryl methyl sites for hydroxylation is 1. The molecule has 0 aromatic heterocycles. The highest BCUT2D eigenvalue weighted by Crippen LogP contribution is 2.43. The van der Waals surface area contributed by atoms with E-state index in [0.29, 0.717) is 16.3 Å². The molecule has 4 rings (SSSR count). The fourth-order valence-corrected chi connectivity index (χ4v) is 3.81. The van der Waals surface area contributed by atoms with Crippen molar-refractivity contribution < 1.29 is 14.3 Å². The number of ether oxygens (including phenoxy) is 1. The largest absolute Gasteiger partial charge is 0.456 e. The molecule has 2 aliphatic rings. The zero-order valence-electron chi connectivity index (χ0n) is 13.7. The molecule has 2 aromatic rings. The van der Waals surface area contributed by atoms with Gasteiger partial charge in [-0.15, -0.1) is 0 Å². The van der Waals surface area contributed by atoms with Gasteiger partial charge in [-0.3, -0.25) is 9.69 Å². The maximum absolute atomic E-state index is 12.9. The number of halogens is 1. The average Bonchev–Trinajstić information content (AvgIpc) is 2.96. The number of hydrogen-bond donors (Lipinski definition) is 0. The molecular weight excluding hydrogens is 338 g/mol. The molecule has 25 heavy (non-hydrogen) atoms. The number of nitrogens with zero attached hydrogens (tertiary/aromatic N) is 1. The number of anilines is 1. The van der Waals surface area contributed by atoms with Crippen LogP contribution in [0.1, 0.15) is 23.5 Å². The zero-order chi connectivity index (χ0) is 17.6. The van der Waals surface area contributed by atoms with Crippen LogP contribution in [0, 0.1) is 6.92 Å². The quantitative estimate of drug-likeness (QED) is 0.767. The van der Waals surface area contributed by atoms with Crippen LogP contribution in [0.5, 0.6) is 0 Å². The second-order valence-corrected chi connectivity index (χ2v) is 6.69. The minimum atomic E-state index is -0.370. The first-order valence-electron chi connectivity index (χ1n) is 8.10. The van der Waals surface area contributed by atoms with Gasteiger partial charge in [-0.25, -0.2) is 4.79 Å². The van der Waals surface area contributed by atoms with Gasteiger partial charge in [-0.05, 0) is 36.2 Å². The molecule has 0 N–H and O–H groups in total. The Balaban J connectivity index is 1.86. The molecule has 2 aromatic carbocycles. The number of amides is 1. The minimum absolute atomic E-state index is 0.0624. The Morgan fingerprint density at radius 2 is 1.92 bits per heavy atom. The number of carbonyl (C=O) groups excluding carboxylic acids is 2. The van der Waals surface area contributed by atoms with Crippen LogP contribution in [0.25, 0.3) is 0 Å². The first-order chi connectivity index (χ1) is 12.1. The van der Waals surface area contributed by atoms with Gasteiger partial charge < -0.3 is 4.74 Å². The van der Waals surface area contributed by atoms with Crippen molar-refractivity contribution in [2.45, 2.75) is 19.3 Å². The summed E-state index contributed by atoms with van der Waals surface area (Å²) in [5.41, 5.74) is 3.75. The number of cyclic esters (lactones) is 1. The van der Waals surface area contributed by atoms with Gasteiger partial charge in [0.05, 0.1) is 11.3 Å². The van der Waals surface area contributed by atoms with Crippen molar-refractivity contribution in [2.24, 2.45) is 0 Å². The van der Waals surface area contributed by atoms with Crippen molar-refractivity contribution >= 4 is 29.2 Å². The molecule has 1 amide bonds. The Morgan fingerprint density at radius 3 is 2.68 bits per heavy atom. The summed E-state index contributed by atoms with van der Waals surface area (Å²) < 4.78 is 5.27. The van der Waals surface area contributed by atoms with E-state index < -0.39 is 0 Å². The van der Waals surface area contributed by atoms with Crippen molar-refractivity contribution in [3.05, 3.63) is 76.0 Å². The summed E-state index contributed by atoms with van der Waals surface area (Å²) in [6, 6.07) is 15.0. The van der Waals surface area contributed by atoms with E-state index >= 15 is 0 Å². The molecule has 2 heterocycles.